The summed E-state index contributed by atoms with van der Waals surface area (Å²) in [5.74, 6) is 0. The first-order valence-corrected chi connectivity index (χ1v) is 8.21. The fourth-order valence-electron chi connectivity index (χ4n) is 2.01. The number of hydrogen-bond donors (Lipinski definition) is 1. The van der Waals surface area contributed by atoms with Crippen LogP contribution in [0.3, 0.4) is 0 Å². The normalized spacial score (nSPS) is 10.9. The molecule has 0 bridgehead atoms. The number of nitrogens with one attached hydrogen (secondary N) is 1. The van der Waals surface area contributed by atoms with Gasteiger partial charge in [0.05, 0.1) is 18.1 Å². The standard InChI is InChI=1S/C17H12BrClN4O/c18-14-9-5-4-6-12(14)10-20-22-15-11-21-23(17(24)16(15)19)13-7-2-1-3-8-13/h1-11,22H/b20-10+. The zero-order valence-electron chi connectivity index (χ0n) is 12.4. The Morgan fingerprint density at radius 3 is 2.58 bits per heavy atom. The lowest BCUT2D eigenvalue weighted by molar-refractivity contribution is 0.808. The Balaban J connectivity index is 1.84. The first-order chi connectivity index (χ1) is 11.7. The van der Waals surface area contributed by atoms with Gasteiger partial charge >= 0.3 is 0 Å². The molecular formula is C17H12BrClN4O. The van der Waals surface area contributed by atoms with Crippen LogP contribution >= 0.6 is 27.5 Å². The number of nitrogens with zero attached hydrogens (tertiary/aromatic N) is 3. The third-order valence-electron chi connectivity index (χ3n) is 3.21. The predicted molar refractivity (Wildman–Crippen MR) is 100 cm³/mol. The van der Waals surface area contributed by atoms with E-state index in [0.29, 0.717) is 11.4 Å². The minimum atomic E-state index is -0.413. The van der Waals surface area contributed by atoms with E-state index in [2.05, 4.69) is 31.6 Å². The molecule has 0 fully saturated rings. The van der Waals surface area contributed by atoms with Gasteiger partial charge in [-0.05, 0) is 18.2 Å². The van der Waals surface area contributed by atoms with Crippen molar-refractivity contribution in [2.24, 2.45) is 5.10 Å². The number of para-hydroxylation sites is 1. The van der Waals surface area contributed by atoms with Crippen LogP contribution in [0.4, 0.5) is 5.69 Å². The fourth-order valence-corrected chi connectivity index (χ4v) is 2.57. The van der Waals surface area contributed by atoms with Gasteiger partial charge in [0.25, 0.3) is 5.56 Å². The zero-order valence-corrected chi connectivity index (χ0v) is 14.7. The summed E-state index contributed by atoms with van der Waals surface area (Å²) in [5.41, 5.74) is 4.22. The minimum Gasteiger partial charge on any atom is -0.275 e. The molecule has 0 saturated heterocycles. The summed E-state index contributed by atoms with van der Waals surface area (Å²) in [5, 5.41) is 8.25. The maximum absolute atomic E-state index is 12.3. The Morgan fingerprint density at radius 1 is 1.12 bits per heavy atom. The molecule has 7 heteroatoms. The van der Waals surface area contributed by atoms with Crippen molar-refractivity contribution in [2.45, 2.75) is 0 Å². The lowest BCUT2D eigenvalue weighted by Gasteiger charge is -2.07. The summed E-state index contributed by atoms with van der Waals surface area (Å²) >= 11 is 9.58. The molecule has 120 valence electrons. The average molecular weight is 404 g/mol. The summed E-state index contributed by atoms with van der Waals surface area (Å²) in [7, 11) is 0. The lowest BCUT2D eigenvalue weighted by Crippen LogP contribution is -2.22. The molecule has 2 aromatic carbocycles. The molecule has 1 N–H and O–H groups in total. The number of hydrazone groups is 1. The van der Waals surface area contributed by atoms with E-state index in [-0.39, 0.29) is 5.02 Å². The van der Waals surface area contributed by atoms with Gasteiger partial charge in [0.2, 0.25) is 0 Å². The number of anilines is 1. The van der Waals surface area contributed by atoms with Crippen molar-refractivity contribution in [1.29, 1.82) is 0 Å². The van der Waals surface area contributed by atoms with Gasteiger partial charge in [-0.15, -0.1) is 0 Å². The first kappa shape index (κ1) is 16.4. The van der Waals surface area contributed by atoms with Crippen molar-refractivity contribution in [3.63, 3.8) is 0 Å². The van der Waals surface area contributed by atoms with E-state index in [9.17, 15) is 4.79 Å². The van der Waals surface area contributed by atoms with Gasteiger partial charge < -0.3 is 0 Å². The fraction of sp³-hybridized carbons (Fsp3) is 0. The number of hydrogen-bond acceptors (Lipinski definition) is 4. The molecule has 0 aliphatic carbocycles. The zero-order chi connectivity index (χ0) is 16.9. The van der Waals surface area contributed by atoms with E-state index >= 15 is 0 Å². The van der Waals surface area contributed by atoms with Crippen LogP contribution in [-0.4, -0.2) is 16.0 Å². The van der Waals surface area contributed by atoms with E-state index in [0.717, 1.165) is 10.0 Å². The van der Waals surface area contributed by atoms with Crippen LogP contribution in [0.2, 0.25) is 5.02 Å². The van der Waals surface area contributed by atoms with Gasteiger partial charge in [0.15, 0.2) is 0 Å². The molecular weight excluding hydrogens is 392 g/mol. The smallest absolute Gasteiger partial charge is 0.275 e. The number of aromatic nitrogens is 2. The van der Waals surface area contributed by atoms with Gasteiger partial charge in [0.1, 0.15) is 10.7 Å². The second kappa shape index (κ2) is 7.42. The highest BCUT2D eigenvalue weighted by Gasteiger charge is 2.09. The quantitative estimate of drug-likeness (QED) is 0.527. The van der Waals surface area contributed by atoms with Crippen LogP contribution in [0.25, 0.3) is 5.69 Å². The van der Waals surface area contributed by atoms with E-state index < -0.39 is 5.56 Å². The maximum atomic E-state index is 12.3. The van der Waals surface area contributed by atoms with Gasteiger partial charge in [-0.25, -0.2) is 0 Å². The van der Waals surface area contributed by atoms with Crippen molar-refractivity contribution >= 4 is 39.4 Å². The summed E-state index contributed by atoms with van der Waals surface area (Å²) in [4.78, 5) is 12.3. The molecule has 3 aromatic rings. The highest BCUT2D eigenvalue weighted by molar-refractivity contribution is 9.10. The average Bonchev–Trinajstić information content (AvgIpc) is 2.61. The van der Waals surface area contributed by atoms with Crippen LogP contribution < -0.4 is 11.0 Å². The number of benzene rings is 2. The Labute approximate surface area is 151 Å². The van der Waals surface area contributed by atoms with Crippen LogP contribution in [0.1, 0.15) is 5.56 Å². The topological polar surface area (TPSA) is 59.3 Å². The highest BCUT2D eigenvalue weighted by Crippen LogP contribution is 2.17. The van der Waals surface area contributed by atoms with Gasteiger partial charge in [0, 0.05) is 10.0 Å². The summed E-state index contributed by atoms with van der Waals surface area (Å²) < 4.78 is 2.16. The molecule has 5 nitrogen and oxygen atoms in total. The van der Waals surface area contributed by atoms with Gasteiger partial charge in [-0.3, -0.25) is 10.2 Å². The first-order valence-electron chi connectivity index (χ1n) is 7.03. The molecule has 0 aliphatic heterocycles. The SMILES string of the molecule is O=c1c(Cl)c(N/N=C/c2ccccc2Br)cnn1-c1ccccc1. The molecule has 0 unspecified atom stereocenters. The summed E-state index contributed by atoms with van der Waals surface area (Å²) in [6, 6.07) is 16.7. The largest absolute Gasteiger partial charge is 0.292 e. The summed E-state index contributed by atoms with van der Waals surface area (Å²) in [6.45, 7) is 0. The highest BCUT2D eigenvalue weighted by atomic mass is 79.9. The second-order valence-corrected chi connectivity index (χ2v) is 6.05. The molecule has 3 rings (SSSR count). The van der Waals surface area contributed by atoms with E-state index in [1.54, 1.807) is 18.3 Å². The minimum absolute atomic E-state index is 0.0260. The molecule has 0 aliphatic rings. The van der Waals surface area contributed by atoms with Crippen molar-refractivity contribution < 1.29 is 0 Å². The third-order valence-corrected chi connectivity index (χ3v) is 4.30. The molecule has 0 amide bonds. The van der Waals surface area contributed by atoms with E-state index in [1.807, 2.05) is 42.5 Å². The summed E-state index contributed by atoms with van der Waals surface area (Å²) in [6.07, 6.45) is 3.09. The van der Waals surface area contributed by atoms with Crippen molar-refractivity contribution in [3.8, 4) is 5.69 Å². The molecule has 1 aromatic heterocycles. The number of rotatable bonds is 4. The Morgan fingerprint density at radius 2 is 1.83 bits per heavy atom. The second-order valence-electron chi connectivity index (χ2n) is 4.82. The van der Waals surface area contributed by atoms with Gasteiger partial charge in [-0.2, -0.15) is 14.9 Å². The maximum Gasteiger partial charge on any atom is 0.292 e. The monoisotopic (exact) mass is 402 g/mol. The Bertz CT molecular complexity index is 941. The Hall–Kier alpha value is -2.44. The molecule has 24 heavy (non-hydrogen) atoms. The van der Waals surface area contributed by atoms with Crippen LogP contribution in [0, 0.1) is 0 Å². The molecule has 0 saturated carbocycles. The van der Waals surface area contributed by atoms with Gasteiger partial charge in [-0.1, -0.05) is 63.9 Å². The van der Waals surface area contributed by atoms with Crippen LogP contribution in [0.15, 0.2) is 75.2 Å². The molecule has 0 radical (unpaired) electrons. The molecule has 0 atom stereocenters. The lowest BCUT2D eigenvalue weighted by atomic mass is 10.2. The van der Waals surface area contributed by atoms with Crippen molar-refractivity contribution in [1.82, 2.24) is 9.78 Å². The van der Waals surface area contributed by atoms with Crippen LogP contribution in [0.5, 0.6) is 0 Å². The van der Waals surface area contributed by atoms with Crippen molar-refractivity contribution in [2.75, 3.05) is 5.43 Å². The third kappa shape index (κ3) is 3.55. The van der Waals surface area contributed by atoms with Crippen LogP contribution in [-0.2, 0) is 0 Å². The number of halogens is 2. The van der Waals surface area contributed by atoms with E-state index in [1.165, 1.54) is 10.9 Å². The molecule has 0 spiro atoms. The van der Waals surface area contributed by atoms with Crippen molar-refractivity contribution in [3.05, 3.63) is 86.2 Å². The van der Waals surface area contributed by atoms with E-state index in [4.69, 9.17) is 11.6 Å². The Kier molecular flexibility index (Phi) is 5.08. The predicted octanol–water partition coefficient (Wildman–Crippen LogP) is 4.09. The molecule has 1 heterocycles.